The molecule has 1 atom stereocenters. The number of benzene rings is 2. The molecule has 0 aliphatic carbocycles. The van der Waals surface area contributed by atoms with Crippen molar-refractivity contribution in [1.29, 1.82) is 0 Å². The summed E-state index contributed by atoms with van der Waals surface area (Å²) >= 11 is 16.9. The van der Waals surface area contributed by atoms with Crippen LogP contribution in [0.3, 0.4) is 0 Å². The van der Waals surface area contributed by atoms with Crippen molar-refractivity contribution in [3.63, 3.8) is 0 Å². The molecule has 5 rings (SSSR count). The minimum Gasteiger partial charge on any atom is -0.429 e. The minimum absolute atomic E-state index is 0.391. The number of fused-ring (bicyclic) bond motifs is 2. The second kappa shape index (κ2) is 9.83. The number of aromatic nitrogens is 2. The van der Waals surface area contributed by atoms with Crippen molar-refractivity contribution in [2.45, 2.75) is 39.7 Å². The van der Waals surface area contributed by atoms with Crippen LogP contribution in [0.25, 0.3) is 22.2 Å². The monoisotopic (exact) mass is 492 g/mol. The summed E-state index contributed by atoms with van der Waals surface area (Å²) in [5, 5.41) is 4.79. The number of nitrogens with one attached hydrogen (secondary N) is 2. The molecule has 170 valence electrons. The van der Waals surface area contributed by atoms with Gasteiger partial charge in [0.25, 0.3) is 10.9 Å². The highest BCUT2D eigenvalue weighted by atomic mass is 35.5. The van der Waals surface area contributed by atoms with Gasteiger partial charge in [-0.3, -0.25) is 0 Å². The van der Waals surface area contributed by atoms with Crippen LogP contribution in [0.4, 0.5) is 6.01 Å². The van der Waals surface area contributed by atoms with E-state index < -0.39 is 0 Å². The molecule has 0 radical (unpaired) electrons. The fraction of sp³-hybridized carbons (Fsp3) is 0.391. The number of H-pyrrole nitrogens is 1. The van der Waals surface area contributed by atoms with Crippen LogP contribution < -0.4 is 10.2 Å². The van der Waals surface area contributed by atoms with Gasteiger partial charge < -0.3 is 24.0 Å². The molecule has 9 heteroatoms. The molecule has 2 aromatic carbocycles. The maximum Gasteiger partial charge on any atom is 0.298 e. The molecule has 6 nitrogen and oxygen atoms in total. The number of oxazole rings is 2. The van der Waals surface area contributed by atoms with Crippen molar-refractivity contribution in [2.75, 3.05) is 24.5 Å². The molecule has 1 fully saturated rings. The van der Waals surface area contributed by atoms with Gasteiger partial charge in [0.1, 0.15) is 5.52 Å². The van der Waals surface area contributed by atoms with Gasteiger partial charge in [-0.1, -0.05) is 37.0 Å². The maximum absolute atomic E-state index is 6.12. The Morgan fingerprint density at radius 1 is 1.06 bits per heavy atom. The number of nitrogens with zero attached hydrogens (tertiary/aromatic N) is 2. The van der Waals surface area contributed by atoms with E-state index in [0.29, 0.717) is 21.9 Å². The second-order valence-electron chi connectivity index (χ2n) is 7.82. The Kier molecular flexibility index (Phi) is 7.10. The Bertz CT molecular complexity index is 1300. The van der Waals surface area contributed by atoms with E-state index in [0.717, 1.165) is 70.8 Å². The average Bonchev–Trinajstić information content (AvgIpc) is 3.35. The van der Waals surface area contributed by atoms with E-state index in [-0.39, 0.29) is 0 Å². The van der Waals surface area contributed by atoms with Crippen molar-refractivity contribution in [3.8, 4) is 0 Å². The van der Waals surface area contributed by atoms with E-state index in [1.54, 1.807) is 0 Å². The summed E-state index contributed by atoms with van der Waals surface area (Å²) < 4.78 is 11.3. The molecule has 32 heavy (non-hydrogen) atoms. The molecule has 3 heterocycles. The highest BCUT2D eigenvalue weighted by Gasteiger charge is 2.23. The summed E-state index contributed by atoms with van der Waals surface area (Å²) in [5.41, 5.74) is 5.60. The van der Waals surface area contributed by atoms with E-state index >= 15 is 0 Å². The molecule has 4 aromatic rings. The van der Waals surface area contributed by atoms with Gasteiger partial charge in [-0.2, -0.15) is 4.98 Å². The molecular formula is C23H26Cl2N4O2S. The topological polar surface area (TPSA) is 70.2 Å². The number of hydrogen-bond donors (Lipinski definition) is 2. The van der Waals surface area contributed by atoms with Gasteiger partial charge in [0.2, 0.25) is 0 Å². The van der Waals surface area contributed by atoms with Gasteiger partial charge in [0.15, 0.2) is 11.2 Å². The van der Waals surface area contributed by atoms with E-state index in [4.69, 9.17) is 44.3 Å². The third-order valence-corrected chi connectivity index (χ3v) is 6.21. The minimum atomic E-state index is 0.391. The summed E-state index contributed by atoms with van der Waals surface area (Å²) in [4.78, 5) is 10.1. The molecule has 0 saturated carbocycles. The Morgan fingerprint density at radius 2 is 1.75 bits per heavy atom. The van der Waals surface area contributed by atoms with Crippen LogP contribution in [0.2, 0.25) is 10.0 Å². The highest BCUT2D eigenvalue weighted by molar-refractivity contribution is 7.71. The summed E-state index contributed by atoms with van der Waals surface area (Å²) in [6.45, 7) is 9.17. The molecule has 2 aromatic heterocycles. The van der Waals surface area contributed by atoms with E-state index in [9.17, 15) is 0 Å². The average molecular weight is 493 g/mol. The molecule has 1 aliphatic rings. The van der Waals surface area contributed by atoms with E-state index in [2.05, 4.69) is 41.0 Å². The molecule has 0 spiro atoms. The first-order valence-electron chi connectivity index (χ1n) is 10.8. The lowest BCUT2D eigenvalue weighted by atomic mass is 10.1. The fourth-order valence-electron chi connectivity index (χ4n) is 3.92. The first-order chi connectivity index (χ1) is 15.4. The summed E-state index contributed by atoms with van der Waals surface area (Å²) in [7, 11) is 0. The molecule has 0 bridgehead atoms. The van der Waals surface area contributed by atoms with E-state index in [1.165, 1.54) is 0 Å². The predicted octanol–water partition coefficient (Wildman–Crippen LogP) is 6.55. The molecule has 0 unspecified atom stereocenters. The summed E-state index contributed by atoms with van der Waals surface area (Å²) in [6, 6.07) is 8.64. The number of aryl methyl sites for hydroxylation is 2. The van der Waals surface area contributed by atoms with Crippen LogP contribution in [0.15, 0.2) is 33.1 Å². The third kappa shape index (κ3) is 4.81. The van der Waals surface area contributed by atoms with Gasteiger partial charge in [0, 0.05) is 35.7 Å². The van der Waals surface area contributed by atoms with Gasteiger partial charge in [-0.25, -0.2) is 0 Å². The SMILES string of the molecule is CCc1cc(Cl)cc2[nH]c(=S)oc12.CCc1cc(Cl)cc2nc(N3CCNC[C@@H]3C)oc12. The smallest absolute Gasteiger partial charge is 0.298 e. The van der Waals surface area contributed by atoms with Crippen LogP contribution >= 0.6 is 35.4 Å². The van der Waals surface area contributed by atoms with Crippen molar-refractivity contribution in [2.24, 2.45) is 0 Å². The molecule has 2 N–H and O–H groups in total. The van der Waals surface area contributed by atoms with Crippen LogP contribution in [0, 0.1) is 4.84 Å². The Balaban J connectivity index is 0.000000165. The van der Waals surface area contributed by atoms with Gasteiger partial charge in [-0.15, -0.1) is 0 Å². The normalized spacial score (nSPS) is 16.4. The zero-order chi connectivity index (χ0) is 22.8. The lowest BCUT2D eigenvalue weighted by molar-refractivity contribution is 0.455. The summed E-state index contributed by atoms with van der Waals surface area (Å²) in [6.07, 6.45) is 1.77. The van der Waals surface area contributed by atoms with Crippen molar-refractivity contribution >= 4 is 63.6 Å². The quantitative estimate of drug-likeness (QED) is 0.316. The van der Waals surface area contributed by atoms with Crippen LogP contribution in [0.1, 0.15) is 31.9 Å². The van der Waals surface area contributed by atoms with Crippen molar-refractivity contribution in [1.82, 2.24) is 15.3 Å². The number of hydrogen-bond acceptors (Lipinski definition) is 6. The number of rotatable bonds is 3. The molecular weight excluding hydrogens is 467 g/mol. The number of halogens is 2. The van der Waals surface area contributed by atoms with Crippen LogP contribution in [0.5, 0.6) is 0 Å². The van der Waals surface area contributed by atoms with Crippen molar-refractivity contribution in [3.05, 3.63) is 50.3 Å². The zero-order valence-corrected chi connectivity index (χ0v) is 20.6. The molecule has 1 saturated heterocycles. The fourth-order valence-corrected chi connectivity index (χ4v) is 4.59. The Hall–Kier alpha value is -2.06. The first-order valence-corrected chi connectivity index (χ1v) is 11.9. The van der Waals surface area contributed by atoms with E-state index in [1.807, 2.05) is 24.3 Å². The third-order valence-electron chi connectivity index (χ3n) is 5.59. The van der Waals surface area contributed by atoms with Crippen LogP contribution in [-0.4, -0.2) is 35.6 Å². The zero-order valence-electron chi connectivity index (χ0n) is 18.3. The van der Waals surface area contributed by atoms with Gasteiger partial charge in [0.05, 0.1) is 5.52 Å². The Morgan fingerprint density at radius 3 is 2.44 bits per heavy atom. The van der Waals surface area contributed by atoms with Crippen molar-refractivity contribution < 1.29 is 8.83 Å². The van der Waals surface area contributed by atoms with Crippen LogP contribution in [-0.2, 0) is 12.8 Å². The highest BCUT2D eigenvalue weighted by Crippen LogP contribution is 2.29. The molecule has 0 amide bonds. The number of piperazine rings is 1. The Labute approximate surface area is 201 Å². The number of aromatic amines is 1. The predicted molar refractivity (Wildman–Crippen MR) is 134 cm³/mol. The maximum atomic E-state index is 6.12. The standard InChI is InChI=1S/C14H18ClN3O.C9H8ClNOS/c1-3-10-6-11(15)7-12-13(10)19-14(17-12)18-5-4-16-8-9(18)2;1-2-5-3-6(10)4-7-8(5)12-9(13)11-7/h6-7,9,16H,3-5,8H2,1-2H3;3-4H,2H2,1H3,(H,11,13)/t9-;/m0./s1. The first kappa shape index (κ1) is 23.1. The summed E-state index contributed by atoms with van der Waals surface area (Å²) in [5.74, 6) is 0. The lowest BCUT2D eigenvalue weighted by Crippen LogP contribution is -2.50. The lowest BCUT2D eigenvalue weighted by Gasteiger charge is -2.32. The largest absolute Gasteiger partial charge is 0.429 e. The number of anilines is 1. The van der Waals surface area contributed by atoms with Gasteiger partial charge in [-0.05, 0) is 67.4 Å². The second-order valence-corrected chi connectivity index (χ2v) is 9.06. The van der Waals surface area contributed by atoms with Gasteiger partial charge >= 0.3 is 0 Å². The molecule has 1 aliphatic heterocycles.